The molecule has 0 aliphatic heterocycles. The van der Waals surface area contributed by atoms with Gasteiger partial charge < -0.3 is 0 Å². The first kappa shape index (κ1) is 13.4. The number of amides is 1. The van der Waals surface area contributed by atoms with Crippen LogP contribution in [0.1, 0.15) is 6.92 Å². The molecule has 0 aliphatic rings. The Bertz CT molecular complexity index is 539. The molecule has 2 aromatic carbocycles. The molecule has 19 heavy (non-hydrogen) atoms. The predicted octanol–water partition coefficient (Wildman–Crippen LogP) is 4.49. The van der Waals surface area contributed by atoms with Crippen LogP contribution in [0.5, 0.6) is 0 Å². The second-order valence-corrected chi connectivity index (χ2v) is 4.36. The number of carbonyl (C=O) groups is 1. The van der Waals surface area contributed by atoms with Crippen molar-refractivity contribution in [2.75, 3.05) is 4.90 Å². The second kappa shape index (κ2) is 6.21. The van der Waals surface area contributed by atoms with E-state index in [1.165, 1.54) is 0 Å². The molecule has 0 atom stereocenters. The Labute approximate surface area is 117 Å². The van der Waals surface area contributed by atoms with Crippen LogP contribution in [0.4, 0.5) is 11.4 Å². The van der Waals surface area contributed by atoms with E-state index in [1.54, 1.807) is 17.9 Å². The Morgan fingerprint density at radius 3 is 1.74 bits per heavy atom. The monoisotopic (exact) mass is 271 g/mol. The maximum absolute atomic E-state index is 12.4. The molecule has 0 aliphatic carbocycles. The number of hydrogen-bond donors (Lipinski definition) is 0. The van der Waals surface area contributed by atoms with Crippen LogP contribution in [0, 0.1) is 0 Å². The van der Waals surface area contributed by atoms with Gasteiger partial charge >= 0.3 is 0 Å². The van der Waals surface area contributed by atoms with E-state index < -0.39 is 0 Å². The van der Waals surface area contributed by atoms with E-state index in [4.69, 9.17) is 11.6 Å². The summed E-state index contributed by atoms with van der Waals surface area (Å²) in [6.07, 6.45) is 1.60. The fourth-order valence-electron chi connectivity index (χ4n) is 1.77. The quantitative estimate of drug-likeness (QED) is 0.753. The molecular formula is C16H14ClNO. The van der Waals surface area contributed by atoms with E-state index in [0.29, 0.717) is 0 Å². The summed E-state index contributed by atoms with van der Waals surface area (Å²) in [4.78, 5) is 14.0. The molecule has 0 aromatic heterocycles. The van der Waals surface area contributed by atoms with Crippen molar-refractivity contribution in [3.8, 4) is 0 Å². The number of anilines is 2. The number of para-hydroxylation sites is 2. The SMILES string of the molecule is C/C=C(/Cl)C(=O)N(c1ccccc1)c1ccccc1. The van der Waals surface area contributed by atoms with Crippen molar-refractivity contribution in [3.63, 3.8) is 0 Å². The van der Waals surface area contributed by atoms with Gasteiger partial charge in [-0.05, 0) is 31.2 Å². The zero-order valence-electron chi connectivity index (χ0n) is 10.6. The third-order valence-electron chi connectivity index (χ3n) is 2.69. The van der Waals surface area contributed by atoms with Crippen LogP contribution >= 0.6 is 11.6 Å². The maximum Gasteiger partial charge on any atom is 0.273 e. The van der Waals surface area contributed by atoms with Crippen LogP contribution in [0.25, 0.3) is 0 Å². The van der Waals surface area contributed by atoms with Crippen LogP contribution < -0.4 is 4.90 Å². The van der Waals surface area contributed by atoms with Gasteiger partial charge in [0, 0.05) is 11.4 Å². The van der Waals surface area contributed by atoms with E-state index in [1.807, 2.05) is 60.7 Å². The van der Waals surface area contributed by atoms with Crippen molar-refractivity contribution in [1.29, 1.82) is 0 Å². The van der Waals surface area contributed by atoms with Gasteiger partial charge in [0.05, 0.1) is 0 Å². The Hall–Kier alpha value is -2.06. The first-order valence-electron chi connectivity index (χ1n) is 6.00. The molecule has 0 N–H and O–H groups in total. The Balaban J connectivity index is 2.49. The van der Waals surface area contributed by atoms with Crippen LogP contribution in [-0.2, 0) is 4.79 Å². The predicted molar refractivity (Wildman–Crippen MR) is 79.6 cm³/mol. The lowest BCUT2D eigenvalue weighted by atomic mass is 10.2. The van der Waals surface area contributed by atoms with E-state index in [0.717, 1.165) is 11.4 Å². The highest BCUT2D eigenvalue weighted by atomic mass is 35.5. The minimum Gasteiger partial charge on any atom is -0.276 e. The molecule has 2 nitrogen and oxygen atoms in total. The van der Waals surface area contributed by atoms with E-state index >= 15 is 0 Å². The molecule has 0 saturated carbocycles. The molecule has 0 radical (unpaired) electrons. The number of allylic oxidation sites excluding steroid dienone is 1. The molecule has 2 rings (SSSR count). The lowest BCUT2D eigenvalue weighted by Gasteiger charge is -2.22. The lowest BCUT2D eigenvalue weighted by molar-refractivity contribution is -0.113. The average Bonchev–Trinajstić information content (AvgIpc) is 2.49. The number of carbonyl (C=O) groups excluding carboxylic acids is 1. The van der Waals surface area contributed by atoms with Crippen molar-refractivity contribution in [2.45, 2.75) is 6.92 Å². The lowest BCUT2D eigenvalue weighted by Crippen LogP contribution is -2.25. The molecule has 0 heterocycles. The van der Waals surface area contributed by atoms with Crippen molar-refractivity contribution < 1.29 is 4.79 Å². The standard InChI is InChI=1S/C16H14ClNO/c1-2-15(17)16(19)18(13-9-5-3-6-10-13)14-11-7-4-8-12-14/h2-12H,1H3/b15-2+. The van der Waals surface area contributed by atoms with E-state index in [9.17, 15) is 4.79 Å². The summed E-state index contributed by atoms with van der Waals surface area (Å²) in [6, 6.07) is 18.9. The summed E-state index contributed by atoms with van der Waals surface area (Å²) in [5.74, 6) is -0.235. The zero-order chi connectivity index (χ0) is 13.7. The number of benzene rings is 2. The van der Waals surface area contributed by atoms with Crippen molar-refractivity contribution >= 4 is 28.9 Å². The molecule has 0 bridgehead atoms. The van der Waals surface area contributed by atoms with Gasteiger partial charge in [-0.3, -0.25) is 9.69 Å². The number of hydrogen-bond acceptors (Lipinski definition) is 1. The summed E-state index contributed by atoms with van der Waals surface area (Å²) in [5, 5.41) is 0.202. The van der Waals surface area contributed by atoms with Crippen molar-refractivity contribution in [2.24, 2.45) is 0 Å². The van der Waals surface area contributed by atoms with Gasteiger partial charge in [0.1, 0.15) is 5.03 Å². The van der Waals surface area contributed by atoms with Gasteiger partial charge in [-0.25, -0.2) is 0 Å². The molecule has 0 fully saturated rings. The molecule has 3 heteroatoms. The van der Waals surface area contributed by atoms with Gasteiger partial charge in [-0.2, -0.15) is 0 Å². The minimum absolute atomic E-state index is 0.202. The van der Waals surface area contributed by atoms with Gasteiger partial charge in [-0.1, -0.05) is 54.1 Å². The maximum atomic E-state index is 12.4. The Morgan fingerprint density at radius 2 is 1.37 bits per heavy atom. The molecule has 1 amide bonds. The normalized spacial score (nSPS) is 11.2. The fraction of sp³-hybridized carbons (Fsp3) is 0.0625. The van der Waals surface area contributed by atoms with Crippen LogP contribution in [0.3, 0.4) is 0 Å². The van der Waals surface area contributed by atoms with Gasteiger partial charge in [0.15, 0.2) is 0 Å². The van der Waals surface area contributed by atoms with Gasteiger partial charge in [-0.15, -0.1) is 0 Å². The smallest absolute Gasteiger partial charge is 0.273 e. The highest BCUT2D eigenvalue weighted by molar-refractivity contribution is 6.44. The van der Waals surface area contributed by atoms with Crippen LogP contribution in [-0.4, -0.2) is 5.91 Å². The number of nitrogens with zero attached hydrogens (tertiary/aromatic N) is 1. The molecule has 0 unspecified atom stereocenters. The summed E-state index contributed by atoms with van der Waals surface area (Å²) < 4.78 is 0. The average molecular weight is 272 g/mol. The summed E-state index contributed by atoms with van der Waals surface area (Å²) in [5.41, 5.74) is 1.58. The van der Waals surface area contributed by atoms with Gasteiger partial charge in [0.25, 0.3) is 5.91 Å². The molecular weight excluding hydrogens is 258 g/mol. The first-order valence-corrected chi connectivity index (χ1v) is 6.38. The number of rotatable bonds is 3. The Morgan fingerprint density at radius 1 is 0.947 bits per heavy atom. The summed E-state index contributed by atoms with van der Waals surface area (Å²) in [6.45, 7) is 1.74. The summed E-state index contributed by atoms with van der Waals surface area (Å²) >= 11 is 5.98. The topological polar surface area (TPSA) is 20.3 Å². The molecule has 0 spiro atoms. The molecule has 0 saturated heterocycles. The fourth-order valence-corrected chi connectivity index (χ4v) is 1.85. The molecule has 96 valence electrons. The highest BCUT2D eigenvalue weighted by Gasteiger charge is 2.19. The number of halogens is 1. The van der Waals surface area contributed by atoms with Crippen molar-refractivity contribution in [3.05, 3.63) is 71.8 Å². The van der Waals surface area contributed by atoms with E-state index in [-0.39, 0.29) is 10.9 Å². The Kier molecular flexibility index (Phi) is 4.37. The largest absolute Gasteiger partial charge is 0.276 e. The van der Waals surface area contributed by atoms with Gasteiger partial charge in [0.2, 0.25) is 0 Å². The second-order valence-electron chi connectivity index (χ2n) is 3.95. The van der Waals surface area contributed by atoms with E-state index in [2.05, 4.69) is 0 Å². The van der Waals surface area contributed by atoms with Crippen LogP contribution in [0.2, 0.25) is 0 Å². The first-order chi connectivity index (χ1) is 9.24. The molecule has 2 aromatic rings. The minimum atomic E-state index is -0.235. The van der Waals surface area contributed by atoms with Crippen molar-refractivity contribution in [1.82, 2.24) is 0 Å². The van der Waals surface area contributed by atoms with Crippen LogP contribution in [0.15, 0.2) is 71.8 Å². The summed E-state index contributed by atoms with van der Waals surface area (Å²) in [7, 11) is 0. The third kappa shape index (κ3) is 3.04. The highest BCUT2D eigenvalue weighted by Crippen LogP contribution is 2.27. The zero-order valence-corrected chi connectivity index (χ0v) is 11.3. The third-order valence-corrected chi connectivity index (χ3v) is 3.07.